The van der Waals surface area contributed by atoms with Gasteiger partial charge in [0.1, 0.15) is 18.2 Å². The summed E-state index contributed by atoms with van der Waals surface area (Å²) in [5.41, 5.74) is 2.60. The first-order chi connectivity index (χ1) is 9.13. The minimum Gasteiger partial charge on any atom is -0.377 e. The number of methoxy groups -OCH3 is 1. The number of nitrogen functional groups attached to an aromatic ring is 1. The summed E-state index contributed by atoms with van der Waals surface area (Å²) >= 11 is 0. The van der Waals surface area contributed by atoms with Crippen LogP contribution in [0.3, 0.4) is 0 Å². The molecule has 106 valence electrons. The fourth-order valence-electron chi connectivity index (χ4n) is 2.05. The van der Waals surface area contributed by atoms with E-state index in [1.165, 1.54) is 12.8 Å². The lowest BCUT2D eigenvalue weighted by Crippen LogP contribution is -2.34. The van der Waals surface area contributed by atoms with Crippen molar-refractivity contribution < 1.29 is 4.74 Å². The van der Waals surface area contributed by atoms with Gasteiger partial charge in [-0.05, 0) is 32.6 Å². The van der Waals surface area contributed by atoms with Crippen molar-refractivity contribution in [2.45, 2.75) is 39.3 Å². The molecule has 1 saturated carbocycles. The molecule has 3 N–H and O–H groups in total. The first-order valence-corrected chi connectivity index (χ1v) is 6.74. The second-order valence-electron chi connectivity index (χ2n) is 5.29. The van der Waals surface area contributed by atoms with Gasteiger partial charge in [0.05, 0.1) is 0 Å². The van der Waals surface area contributed by atoms with Gasteiger partial charge in [-0.1, -0.05) is 0 Å². The molecule has 0 unspecified atom stereocenters. The van der Waals surface area contributed by atoms with Crippen LogP contribution in [0.5, 0.6) is 0 Å². The van der Waals surface area contributed by atoms with E-state index in [1.807, 2.05) is 6.07 Å². The van der Waals surface area contributed by atoms with Gasteiger partial charge in [0.2, 0.25) is 0 Å². The lowest BCUT2D eigenvalue weighted by molar-refractivity contribution is 0.178. The minimum atomic E-state index is 0.387. The van der Waals surface area contributed by atoms with Crippen LogP contribution in [0.25, 0.3) is 0 Å². The first-order valence-electron chi connectivity index (χ1n) is 6.74. The summed E-state index contributed by atoms with van der Waals surface area (Å²) in [6, 6.07) is 2.29. The normalized spacial score (nSPS) is 14.8. The smallest absolute Gasteiger partial charge is 0.158 e. The number of nitrogens with one attached hydrogen (secondary N) is 1. The van der Waals surface area contributed by atoms with Crippen molar-refractivity contribution in [1.29, 1.82) is 0 Å². The molecule has 1 heterocycles. The van der Waals surface area contributed by atoms with E-state index in [9.17, 15) is 0 Å². The highest BCUT2D eigenvalue weighted by Gasteiger charge is 2.26. The standard InChI is InChI=1S/C13H23N5O/c1-9(2)18(7-10-4-5-10)13-6-11(17-14)15-12(16-13)8-19-3/h6,9-10H,4-5,7-8,14H2,1-3H3,(H,15,16,17). The summed E-state index contributed by atoms with van der Waals surface area (Å²) in [4.78, 5) is 11.2. The number of aromatic nitrogens is 2. The average Bonchev–Trinajstić information content (AvgIpc) is 3.19. The van der Waals surface area contributed by atoms with E-state index in [4.69, 9.17) is 10.6 Å². The number of nitrogens with zero attached hydrogens (tertiary/aromatic N) is 3. The van der Waals surface area contributed by atoms with Crippen molar-refractivity contribution in [1.82, 2.24) is 9.97 Å². The molecule has 1 aromatic rings. The second kappa shape index (κ2) is 6.16. The molecule has 19 heavy (non-hydrogen) atoms. The van der Waals surface area contributed by atoms with Crippen LogP contribution < -0.4 is 16.2 Å². The summed E-state index contributed by atoms with van der Waals surface area (Å²) in [7, 11) is 1.63. The number of nitrogens with two attached hydrogens (primary N) is 1. The van der Waals surface area contributed by atoms with Crippen molar-refractivity contribution in [3.05, 3.63) is 11.9 Å². The van der Waals surface area contributed by atoms with E-state index in [1.54, 1.807) is 7.11 Å². The van der Waals surface area contributed by atoms with Crippen molar-refractivity contribution in [2.75, 3.05) is 24.0 Å². The molecule has 6 nitrogen and oxygen atoms in total. The Kier molecular flexibility index (Phi) is 4.55. The Labute approximate surface area is 114 Å². The highest BCUT2D eigenvalue weighted by Crippen LogP contribution is 2.32. The highest BCUT2D eigenvalue weighted by molar-refractivity contribution is 5.49. The minimum absolute atomic E-state index is 0.387. The van der Waals surface area contributed by atoms with Gasteiger partial charge in [0, 0.05) is 25.8 Å². The van der Waals surface area contributed by atoms with Gasteiger partial charge in [-0.3, -0.25) is 0 Å². The Morgan fingerprint density at radius 2 is 2.21 bits per heavy atom. The van der Waals surface area contributed by atoms with Crippen molar-refractivity contribution in [3.63, 3.8) is 0 Å². The molecule has 0 bridgehead atoms. The fourth-order valence-corrected chi connectivity index (χ4v) is 2.05. The van der Waals surface area contributed by atoms with Crippen molar-refractivity contribution in [2.24, 2.45) is 11.8 Å². The van der Waals surface area contributed by atoms with E-state index in [2.05, 4.69) is 34.1 Å². The molecule has 0 aromatic carbocycles. The van der Waals surface area contributed by atoms with Crippen molar-refractivity contribution in [3.8, 4) is 0 Å². The largest absolute Gasteiger partial charge is 0.377 e. The molecule has 1 aliphatic rings. The Hall–Kier alpha value is -1.40. The highest BCUT2D eigenvalue weighted by atomic mass is 16.5. The molecular formula is C13H23N5O. The molecule has 0 saturated heterocycles. The number of hydrogen-bond acceptors (Lipinski definition) is 6. The zero-order valence-corrected chi connectivity index (χ0v) is 11.9. The number of rotatable bonds is 7. The topological polar surface area (TPSA) is 76.3 Å². The molecule has 0 spiro atoms. The second-order valence-corrected chi connectivity index (χ2v) is 5.29. The Balaban J connectivity index is 2.25. The maximum absolute atomic E-state index is 5.47. The van der Waals surface area contributed by atoms with Crippen LogP contribution in [0, 0.1) is 5.92 Å². The third kappa shape index (κ3) is 3.78. The fraction of sp³-hybridized carbons (Fsp3) is 0.692. The third-order valence-electron chi connectivity index (χ3n) is 3.25. The first kappa shape index (κ1) is 14.0. The predicted molar refractivity (Wildman–Crippen MR) is 75.8 cm³/mol. The van der Waals surface area contributed by atoms with E-state index in [0.29, 0.717) is 24.3 Å². The van der Waals surface area contributed by atoms with Gasteiger partial charge in [-0.15, -0.1) is 0 Å². The van der Waals surface area contributed by atoms with E-state index >= 15 is 0 Å². The lowest BCUT2D eigenvalue weighted by Gasteiger charge is -2.28. The van der Waals surface area contributed by atoms with Gasteiger partial charge in [-0.2, -0.15) is 0 Å². The average molecular weight is 265 g/mol. The zero-order valence-electron chi connectivity index (χ0n) is 11.9. The summed E-state index contributed by atoms with van der Waals surface area (Å²) in [5, 5.41) is 0. The quantitative estimate of drug-likeness (QED) is 0.575. The van der Waals surface area contributed by atoms with Gasteiger partial charge in [0.15, 0.2) is 5.82 Å². The Morgan fingerprint density at radius 1 is 1.47 bits per heavy atom. The molecule has 2 rings (SSSR count). The number of anilines is 2. The molecule has 0 amide bonds. The summed E-state index contributed by atoms with van der Waals surface area (Å²) in [6.45, 7) is 5.79. The molecule has 6 heteroatoms. The van der Waals surface area contributed by atoms with Gasteiger partial charge in [-0.25, -0.2) is 15.8 Å². The molecule has 1 fully saturated rings. The molecule has 0 radical (unpaired) electrons. The van der Waals surface area contributed by atoms with Crippen LogP contribution >= 0.6 is 0 Å². The van der Waals surface area contributed by atoms with Crippen LogP contribution in [0.4, 0.5) is 11.6 Å². The maximum Gasteiger partial charge on any atom is 0.158 e. The van der Waals surface area contributed by atoms with E-state index < -0.39 is 0 Å². The predicted octanol–water partition coefficient (Wildman–Crippen LogP) is 1.53. The van der Waals surface area contributed by atoms with Crippen LogP contribution in [0.2, 0.25) is 0 Å². The van der Waals surface area contributed by atoms with Gasteiger partial charge in [0.25, 0.3) is 0 Å². The van der Waals surface area contributed by atoms with E-state index in [0.717, 1.165) is 18.3 Å². The Morgan fingerprint density at radius 3 is 2.74 bits per heavy atom. The van der Waals surface area contributed by atoms with Crippen LogP contribution in [-0.4, -0.2) is 29.7 Å². The van der Waals surface area contributed by atoms with Crippen LogP contribution in [-0.2, 0) is 11.3 Å². The maximum atomic E-state index is 5.47. The summed E-state index contributed by atoms with van der Waals surface area (Å²) in [5.74, 6) is 8.46. The summed E-state index contributed by atoms with van der Waals surface area (Å²) < 4.78 is 5.10. The molecule has 0 atom stereocenters. The van der Waals surface area contributed by atoms with Crippen molar-refractivity contribution >= 4 is 11.6 Å². The number of ether oxygens (including phenoxy) is 1. The third-order valence-corrected chi connectivity index (χ3v) is 3.25. The lowest BCUT2D eigenvalue weighted by atomic mass is 10.2. The Bertz CT molecular complexity index is 419. The molecule has 1 aromatic heterocycles. The number of hydrazine groups is 1. The van der Waals surface area contributed by atoms with Crippen LogP contribution in [0.1, 0.15) is 32.5 Å². The number of hydrogen-bond donors (Lipinski definition) is 2. The van der Waals surface area contributed by atoms with Gasteiger partial charge < -0.3 is 15.1 Å². The van der Waals surface area contributed by atoms with Crippen LogP contribution in [0.15, 0.2) is 6.07 Å². The molecular weight excluding hydrogens is 242 g/mol. The van der Waals surface area contributed by atoms with E-state index in [-0.39, 0.29) is 0 Å². The SMILES string of the molecule is COCc1nc(NN)cc(N(CC2CC2)C(C)C)n1. The molecule has 1 aliphatic carbocycles. The van der Waals surface area contributed by atoms with Gasteiger partial charge >= 0.3 is 0 Å². The zero-order chi connectivity index (χ0) is 13.8. The monoisotopic (exact) mass is 265 g/mol. The summed E-state index contributed by atoms with van der Waals surface area (Å²) in [6.07, 6.45) is 2.64. The molecule has 0 aliphatic heterocycles.